The fourth-order valence-electron chi connectivity index (χ4n) is 2.81. The van der Waals surface area contributed by atoms with Crippen LogP contribution in [-0.4, -0.2) is 21.2 Å². The van der Waals surface area contributed by atoms with Crippen LogP contribution in [0.3, 0.4) is 0 Å². The van der Waals surface area contributed by atoms with Crippen molar-refractivity contribution in [3.63, 3.8) is 0 Å². The van der Waals surface area contributed by atoms with Crippen LogP contribution in [0, 0.1) is 5.92 Å². The van der Waals surface area contributed by atoms with Crippen LogP contribution < -0.4 is 4.74 Å². The summed E-state index contributed by atoms with van der Waals surface area (Å²) >= 11 is 0. The molecule has 2 rings (SSSR count). The number of ether oxygens (including phenoxy) is 1. The Bertz CT molecular complexity index is 434. The summed E-state index contributed by atoms with van der Waals surface area (Å²) in [5.74, 6) is 2.44. The Kier molecular flexibility index (Phi) is 5.35. The van der Waals surface area contributed by atoms with Crippen molar-refractivity contribution in [2.24, 2.45) is 5.92 Å². The molecular formula is C16H26N2O2. The molecule has 1 heterocycles. The van der Waals surface area contributed by atoms with Crippen LogP contribution in [0.25, 0.3) is 0 Å². The second kappa shape index (κ2) is 7.02. The average molecular weight is 278 g/mol. The molecule has 0 spiro atoms. The number of hydrogen-bond donors (Lipinski definition) is 1. The van der Waals surface area contributed by atoms with Crippen LogP contribution in [0.2, 0.25) is 0 Å². The minimum absolute atomic E-state index is 0.0957. The monoisotopic (exact) mass is 278 g/mol. The van der Waals surface area contributed by atoms with Gasteiger partial charge in [-0.2, -0.15) is 0 Å². The number of aliphatic hydroxyl groups is 1. The SMILES string of the molecule is CCC1CCCC(Oc2cnc(C(C)C)nc2CO)C1. The molecule has 20 heavy (non-hydrogen) atoms. The van der Waals surface area contributed by atoms with Crippen LogP contribution in [0.1, 0.15) is 70.3 Å². The molecule has 0 saturated heterocycles. The maximum atomic E-state index is 9.48. The van der Waals surface area contributed by atoms with Gasteiger partial charge in [-0.25, -0.2) is 9.97 Å². The third-order valence-electron chi connectivity index (χ3n) is 4.12. The van der Waals surface area contributed by atoms with E-state index in [0.29, 0.717) is 11.4 Å². The summed E-state index contributed by atoms with van der Waals surface area (Å²) in [6, 6.07) is 0. The predicted molar refractivity (Wildman–Crippen MR) is 78.7 cm³/mol. The number of rotatable bonds is 5. The van der Waals surface area contributed by atoms with E-state index in [1.165, 1.54) is 19.3 Å². The molecule has 0 aromatic carbocycles. The minimum atomic E-state index is -0.0957. The molecule has 1 aromatic heterocycles. The second-order valence-corrected chi connectivity index (χ2v) is 6.03. The largest absolute Gasteiger partial charge is 0.487 e. The fourth-order valence-corrected chi connectivity index (χ4v) is 2.81. The van der Waals surface area contributed by atoms with E-state index in [0.717, 1.165) is 24.6 Å². The van der Waals surface area contributed by atoms with Crippen molar-refractivity contribution < 1.29 is 9.84 Å². The van der Waals surface area contributed by atoms with Gasteiger partial charge in [0.15, 0.2) is 5.75 Å². The number of aromatic nitrogens is 2. The van der Waals surface area contributed by atoms with Gasteiger partial charge < -0.3 is 9.84 Å². The van der Waals surface area contributed by atoms with Gasteiger partial charge in [-0.05, 0) is 25.2 Å². The first-order valence-corrected chi connectivity index (χ1v) is 7.77. The first-order valence-electron chi connectivity index (χ1n) is 7.77. The van der Waals surface area contributed by atoms with Gasteiger partial charge in [0.25, 0.3) is 0 Å². The molecule has 1 saturated carbocycles. The molecule has 1 aliphatic carbocycles. The molecule has 1 fully saturated rings. The molecule has 112 valence electrons. The van der Waals surface area contributed by atoms with Gasteiger partial charge in [0.2, 0.25) is 0 Å². The smallest absolute Gasteiger partial charge is 0.161 e. The molecular weight excluding hydrogens is 252 g/mol. The van der Waals surface area contributed by atoms with Crippen LogP contribution >= 0.6 is 0 Å². The summed E-state index contributed by atoms with van der Waals surface area (Å²) in [6.45, 7) is 6.24. The molecule has 1 N–H and O–H groups in total. The van der Waals surface area contributed by atoms with Crippen molar-refractivity contribution in [1.82, 2.24) is 9.97 Å². The fraction of sp³-hybridized carbons (Fsp3) is 0.750. The summed E-state index contributed by atoms with van der Waals surface area (Å²) in [5, 5.41) is 9.48. The van der Waals surface area contributed by atoms with Gasteiger partial charge in [-0.15, -0.1) is 0 Å². The van der Waals surface area contributed by atoms with Crippen LogP contribution in [0.15, 0.2) is 6.20 Å². The quantitative estimate of drug-likeness (QED) is 0.896. The van der Waals surface area contributed by atoms with Crippen molar-refractivity contribution in [3.8, 4) is 5.75 Å². The van der Waals surface area contributed by atoms with Crippen molar-refractivity contribution in [2.75, 3.05) is 0 Å². The summed E-state index contributed by atoms with van der Waals surface area (Å²) in [6.07, 6.45) is 7.92. The lowest BCUT2D eigenvalue weighted by Gasteiger charge is -2.29. The summed E-state index contributed by atoms with van der Waals surface area (Å²) in [5.41, 5.74) is 0.613. The van der Waals surface area contributed by atoms with E-state index >= 15 is 0 Å². The second-order valence-electron chi connectivity index (χ2n) is 6.03. The van der Waals surface area contributed by atoms with Gasteiger partial charge in [-0.3, -0.25) is 0 Å². The Balaban J connectivity index is 2.08. The Morgan fingerprint density at radius 3 is 2.85 bits per heavy atom. The van der Waals surface area contributed by atoms with Gasteiger partial charge in [0.05, 0.1) is 18.9 Å². The number of hydrogen-bond acceptors (Lipinski definition) is 4. The van der Waals surface area contributed by atoms with Crippen LogP contribution in [-0.2, 0) is 6.61 Å². The zero-order valence-electron chi connectivity index (χ0n) is 12.8. The summed E-state index contributed by atoms with van der Waals surface area (Å²) in [4.78, 5) is 8.75. The highest BCUT2D eigenvalue weighted by atomic mass is 16.5. The average Bonchev–Trinajstić information content (AvgIpc) is 2.47. The highest BCUT2D eigenvalue weighted by molar-refractivity contribution is 5.25. The van der Waals surface area contributed by atoms with E-state index in [1.807, 2.05) is 13.8 Å². The molecule has 1 aromatic rings. The first-order chi connectivity index (χ1) is 9.63. The topological polar surface area (TPSA) is 55.2 Å². The molecule has 4 heteroatoms. The zero-order chi connectivity index (χ0) is 14.5. The molecule has 4 nitrogen and oxygen atoms in total. The van der Waals surface area contributed by atoms with E-state index < -0.39 is 0 Å². The molecule has 0 aliphatic heterocycles. The molecule has 0 radical (unpaired) electrons. The summed E-state index contributed by atoms with van der Waals surface area (Å²) in [7, 11) is 0. The zero-order valence-corrected chi connectivity index (χ0v) is 12.8. The Morgan fingerprint density at radius 2 is 2.20 bits per heavy atom. The first kappa shape index (κ1) is 15.2. The highest BCUT2D eigenvalue weighted by Crippen LogP contribution is 2.30. The Labute approximate surface area is 121 Å². The Morgan fingerprint density at radius 1 is 1.40 bits per heavy atom. The van der Waals surface area contributed by atoms with E-state index in [4.69, 9.17) is 4.74 Å². The van der Waals surface area contributed by atoms with Gasteiger partial charge in [0, 0.05) is 5.92 Å². The van der Waals surface area contributed by atoms with Gasteiger partial charge in [-0.1, -0.05) is 33.6 Å². The van der Waals surface area contributed by atoms with Crippen molar-refractivity contribution in [2.45, 2.75) is 71.5 Å². The lowest BCUT2D eigenvalue weighted by molar-refractivity contribution is 0.117. The Hall–Kier alpha value is -1.16. The third kappa shape index (κ3) is 3.69. The summed E-state index contributed by atoms with van der Waals surface area (Å²) < 4.78 is 6.06. The third-order valence-corrected chi connectivity index (χ3v) is 4.12. The van der Waals surface area contributed by atoms with E-state index in [2.05, 4.69) is 16.9 Å². The number of aliphatic hydroxyl groups excluding tert-OH is 1. The molecule has 2 atom stereocenters. The maximum absolute atomic E-state index is 9.48. The van der Waals surface area contributed by atoms with Gasteiger partial charge >= 0.3 is 0 Å². The van der Waals surface area contributed by atoms with E-state index in [1.54, 1.807) is 6.20 Å². The highest BCUT2D eigenvalue weighted by Gasteiger charge is 2.23. The number of nitrogens with zero attached hydrogens (tertiary/aromatic N) is 2. The van der Waals surface area contributed by atoms with E-state index in [9.17, 15) is 5.11 Å². The van der Waals surface area contributed by atoms with E-state index in [-0.39, 0.29) is 18.6 Å². The van der Waals surface area contributed by atoms with Crippen molar-refractivity contribution in [1.29, 1.82) is 0 Å². The molecule has 1 aliphatic rings. The standard InChI is InChI=1S/C16H26N2O2/c1-4-12-6-5-7-13(8-12)20-15-9-17-16(11(2)3)18-14(15)10-19/h9,11-13,19H,4-8,10H2,1-3H3. The van der Waals surface area contributed by atoms with Crippen molar-refractivity contribution in [3.05, 3.63) is 17.7 Å². The lowest BCUT2D eigenvalue weighted by Crippen LogP contribution is -2.25. The maximum Gasteiger partial charge on any atom is 0.161 e. The molecule has 2 unspecified atom stereocenters. The normalized spacial score (nSPS) is 23.1. The van der Waals surface area contributed by atoms with Crippen molar-refractivity contribution >= 4 is 0 Å². The molecule has 0 bridgehead atoms. The van der Waals surface area contributed by atoms with Crippen LogP contribution in [0.5, 0.6) is 5.75 Å². The predicted octanol–water partition coefficient (Wildman–Crippen LogP) is 3.44. The lowest BCUT2D eigenvalue weighted by atomic mass is 9.85. The minimum Gasteiger partial charge on any atom is -0.487 e. The van der Waals surface area contributed by atoms with Crippen LogP contribution in [0.4, 0.5) is 0 Å². The molecule has 0 amide bonds. The van der Waals surface area contributed by atoms with Gasteiger partial charge in [0.1, 0.15) is 11.5 Å².